The molecule has 1 saturated carbocycles. The van der Waals surface area contributed by atoms with Crippen molar-refractivity contribution < 1.29 is 19.6 Å². The summed E-state index contributed by atoms with van der Waals surface area (Å²) in [5.74, 6) is -0.665. The maximum atomic E-state index is 13.1. The van der Waals surface area contributed by atoms with Crippen LogP contribution < -0.4 is 10.8 Å². The van der Waals surface area contributed by atoms with E-state index in [0.29, 0.717) is 12.5 Å². The van der Waals surface area contributed by atoms with Crippen LogP contribution in [0.25, 0.3) is 0 Å². The molecule has 26 heavy (non-hydrogen) atoms. The van der Waals surface area contributed by atoms with Gasteiger partial charge in [0.25, 0.3) is 0 Å². The first kappa shape index (κ1) is 20.7. The van der Waals surface area contributed by atoms with Crippen molar-refractivity contribution in [2.75, 3.05) is 13.6 Å². The summed E-state index contributed by atoms with van der Waals surface area (Å²) >= 11 is 0. The minimum Gasteiger partial charge on any atom is -0.357 e. The van der Waals surface area contributed by atoms with E-state index in [-0.39, 0.29) is 30.1 Å². The van der Waals surface area contributed by atoms with E-state index in [4.69, 9.17) is 5.21 Å². The van der Waals surface area contributed by atoms with Crippen molar-refractivity contribution in [3.8, 4) is 0 Å². The van der Waals surface area contributed by atoms with Crippen LogP contribution in [0.2, 0.25) is 0 Å². The normalized spacial score (nSPS) is 25.4. The molecule has 0 aromatic carbocycles. The summed E-state index contributed by atoms with van der Waals surface area (Å²) < 4.78 is 0. The van der Waals surface area contributed by atoms with Crippen LogP contribution in [0.15, 0.2) is 0 Å². The Bertz CT molecular complexity index is 517. The molecule has 7 nitrogen and oxygen atoms in total. The largest absolute Gasteiger partial charge is 0.357 e. The quantitative estimate of drug-likeness (QED) is 0.471. The molecule has 2 fully saturated rings. The minimum absolute atomic E-state index is 0.0237. The summed E-state index contributed by atoms with van der Waals surface area (Å²) in [7, 11) is 1.61. The maximum Gasteiger partial charge on any atom is 0.244 e. The third kappa shape index (κ3) is 4.75. The molecule has 3 N–H and O–H groups in total. The number of likely N-dealkylation sites (N-methyl/N-ethyl adjacent to an activating group) is 1. The Morgan fingerprint density at radius 3 is 2.42 bits per heavy atom. The van der Waals surface area contributed by atoms with E-state index in [9.17, 15) is 14.4 Å². The molecular formula is C19H33N3O4. The third-order valence-electron chi connectivity index (χ3n) is 5.85. The number of hydrogen-bond donors (Lipinski definition) is 3. The van der Waals surface area contributed by atoms with Gasteiger partial charge >= 0.3 is 0 Å². The van der Waals surface area contributed by atoms with Crippen LogP contribution >= 0.6 is 0 Å². The Morgan fingerprint density at radius 1 is 1.23 bits per heavy atom. The summed E-state index contributed by atoms with van der Waals surface area (Å²) in [5.41, 5.74) is 1.64. The molecule has 148 valence electrons. The summed E-state index contributed by atoms with van der Waals surface area (Å²) in [6.45, 7) is 4.69. The number of rotatable bonds is 7. The van der Waals surface area contributed by atoms with E-state index in [2.05, 4.69) is 19.2 Å². The fourth-order valence-electron chi connectivity index (χ4n) is 4.69. The lowest BCUT2D eigenvalue weighted by Gasteiger charge is -2.35. The summed E-state index contributed by atoms with van der Waals surface area (Å²) in [6.07, 6.45) is 6.06. The lowest BCUT2D eigenvalue weighted by molar-refractivity contribution is -0.143. The highest BCUT2D eigenvalue weighted by Crippen LogP contribution is 2.37. The van der Waals surface area contributed by atoms with Gasteiger partial charge in [-0.25, -0.2) is 5.48 Å². The highest BCUT2D eigenvalue weighted by Gasteiger charge is 2.47. The van der Waals surface area contributed by atoms with Crippen molar-refractivity contribution in [1.29, 1.82) is 0 Å². The van der Waals surface area contributed by atoms with Gasteiger partial charge in [-0.05, 0) is 37.0 Å². The summed E-state index contributed by atoms with van der Waals surface area (Å²) in [4.78, 5) is 39.2. The van der Waals surface area contributed by atoms with Gasteiger partial charge in [-0.3, -0.25) is 19.6 Å². The SMILES string of the molecule is CNC(=O)[C@H](C1CCCCC1)N1C[C@H](CC(C)C)C(CC(=O)NO)C1=O. The molecule has 1 saturated heterocycles. The fourth-order valence-corrected chi connectivity index (χ4v) is 4.69. The molecule has 1 aliphatic carbocycles. The number of nitrogens with one attached hydrogen (secondary N) is 2. The molecule has 2 rings (SSSR count). The Labute approximate surface area is 155 Å². The first-order valence-electron chi connectivity index (χ1n) is 9.84. The number of hydrogen-bond acceptors (Lipinski definition) is 4. The Balaban J connectivity index is 2.24. The topological polar surface area (TPSA) is 98.7 Å². The third-order valence-corrected chi connectivity index (χ3v) is 5.85. The number of hydroxylamine groups is 1. The van der Waals surface area contributed by atoms with Crippen LogP contribution in [0.1, 0.15) is 58.8 Å². The zero-order chi connectivity index (χ0) is 19.3. The average Bonchev–Trinajstić information content (AvgIpc) is 2.91. The van der Waals surface area contributed by atoms with Crippen molar-refractivity contribution >= 4 is 17.7 Å². The minimum atomic E-state index is -0.548. The molecule has 7 heteroatoms. The van der Waals surface area contributed by atoms with Crippen molar-refractivity contribution in [1.82, 2.24) is 15.7 Å². The van der Waals surface area contributed by atoms with E-state index in [0.717, 1.165) is 32.1 Å². The first-order chi connectivity index (χ1) is 12.4. The van der Waals surface area contributed by atoms with Crippen LogP contribution in [-0.2, 0) is 14.4 Å². The standard InChI is InChI=1S/C19H33N3O4/c1-12(2)9-14-11-22(19(25)15(14)10-16(23)21-26)17(18(24)20-3)13-7-5-4-6-8-13/h12-15,17,26H,4-11H2,1-3H3,(H,20,24)(H,21,23)/t14-,15?,17-/m0/s1. The second kappa shape index (κ2) is 9.35. The van der Waals surface area contributed by atoms with E-state index >= 15 is 0 Å². The van der Waals surface area contributed by atoms with Gasteiger partial charge in [0.15, 0.2) is 0 Å². The van der Waals surface area contributed by atoms with Gasteiger partial charge in [-0.15, -0.1) is 0 Å². The zero-order valence-electron chi connectivity index (χ0n) is 16.2. The Morgan fingerprint density at radius 2 is 1.88 bits per heavy atom. The number of amides is 3. The van der Waals surface area contributed by atoms with E-state index in [1.54, 1.807) is 17.4 Å². The molecule has 0 bridgehead atoms. The fraction of sp³-hybridized carbons (Fsp3) is 0.842. The molecule has 3 amide bonds. The molecule has 0 radical (unpaired) electrons. The van der Waals surface area contributed by atoms with Crippen molar-refractivity contribution in [3.05, 3.63) is 0 Å². The van der Waals surface area contributed by atoms with Crippen LogP contribution in [0, 0.1) is 23.7 Å². The predicted molar refractivity (Wildman–Crippen MR) is 97.1 cm³/mol. The Kier molecular flexibility index (Phi) is 7.43. The summed E-state index contributed by atoms with van der Waals surface area (Å²) in [6, 6.07) is -0.454. The second-order valence-electron chi connectivity index (χ2n) is 8.18. The predicted octanol–water partition coefficient (Wildman–Crippen LogP) is 1.70. The van der Waals surface area contributed by atoms with Gasteiger partial charge in [-0.2, -0.15) is 0 Å². The first-order valence-corrected chi connectivity index (χ1v) is 9.84. The van der Waals surface area contributed by atoms with E-state index < -0.39 is 17.9 Å². The highest BCUT2D eigenvalue weighted by molar-refractivity contribution is 5.92. The zero-order valence-corrected chi connectivity index (χ0v) is 16.2. The van der Waals surface area contributed by atoms with Gasteiger partial charge in [-0.1, -0.05) is 33.1 Å². The molecule has 0 aromatic rings. The molecule has 1 unspecified atom stereocenters. The molecule has 0 aromatic heterocycles. The lowest BCUT2D eigenvalue weighted by atomic mass is 9.82. The highest BCUT2D eigenvalue weighted by atomic mass is 16.5. The smallest absolute Gasteiger partial charge is 0.244 e. The molecule has 1 aliphatic heterocycles. The number of nitrogens with zero attached hydrogens (tertiary/aromatic N) is 1. The lowest BCUT2D eigenvalue weighted by Crippen LogP contribution is -2.52. The van der Waals surface area contributed by atoms with Crippen LogP contribution in [0.3, 0.4) is 0 Å². The number of carbonyl (C=O) groups is 3. The van der Waals surface area contributed by atoms with Gasteiger partial charge in [0.1, 0.15) is 6.04 Å². The Hall–Kier alpha value is -1.63. The molecule has 0 spiro atoms. The van der Waals surface area contributed by atoms with E-state index in [1.165, 1.54) is 6.42 Å². The summed E-state index contributed by atoms with van der Waals surface area (Å²) in [5, 5.41) is 11.6. The van der Waals surface area contributed by atoms with E-state index in [1.807, 2.05) is 0 Å². The second-order valence-corrected chi connectivity index (χ2v) is 8.18. The monoisotopic (exact) mass is 367 g/mol. The van der Waals surface area contributed by atoms with Gasteiger partial charge < -0.3 is 10.2 Å². The number of likely N-dealkylation sites (tertiary alicyclic amines) is 1. The molecule has 1 heterocycles. The van der Waals surface area contributed by atoms with Crippen molar-refractivity contribution in [3.63, 3.8) is 0 Å². The van der Waals surface area contributed by atoms with Crippen LogP contribution in [0.5, 0.6) is 0 Å². The molecule has 2 aliphatic rings. The van der Waals surface area contributed by atoms with Crippen molar-refractivity contribution in [2.24, 2.45) is 23.7 Å². The van der Waals surface area contributed by atoms with Gasteiger partial charge in [0, 0.05) is 20.0 Å². The van der Waals surface area contributed by atoms with Gasteiger partial charge in [0.05, 0.1) is 5.92 Å². The van der Waals surface area contributed by atoms with Crippen LogP contribution in [-0.4, -0.2) is 47.5 Å². The molecule has 3 atom stereocenters. The van der Waals surface area contributed by atoms with Crippen LogP contribution in [0.4, 0.5) is 0 Å². The van der Waals surface area contributed by atoms with Crippen molar-refractivity contribution in [2.45, 2.75) is 64.8 Å². The maximum absolute atomic E-state index is 13.1. The van der Waals surface area contributed by atoms with Gasteiger partial charge in [0.2, 0.25) is 17.7 Å². The molecular weight excluding hydrogens is 334 g/mol. The number of carbonyl (C=O) groups excluding carboxylic acids is 3. The average molecular weight is 367 g/mol.